The number of amides is 2. The molecule has 0 spiro atoms. The molecule has 8 heteroatoms. The Balaban J connectivity index is 1.56. The molecular weight excluding hydrogens is 427 g/mol. The highest BCUT2D eigenvalue weighted by Crippen LogP contribution is 2.37. The molecule has 33 heavy (non-hydrogen) atoms. The van der Waals surface area contributed by atoms with E-state index in [1.807, 2.05) is 0 Å². The number of fused-ring (bicyclic) bond motifs is 1. The van der Waals surface area contributed by atoms with Crippen molar-refractivity contribution < 1.29 is 28.2 Å². The van der Waals surface area contributed by atoms with Crippen LogP contribution in [0.3, 0.4) is 0 Å². The Hall–Kier alpha value is -4.33. The molecule has 7 nitrogen and oxygen atoms in total. The fourth-order valence-corrected chi connectivity index (χ4v) is 3.76. The molecule has 0 atom stereocenters. The molecule has 0 saturated heterocycles. The number of carbonyl (C=O) groups excluding carboxylic acids is 2. The van der Waals surface area contributed by atoms with Crippen molar-refractivity contribution >= 4 is 28.8 Å². The molecule has 2 amide bonds. The van der Waals surface area contributed by atoms with Crippen LogP contribution in [-0.2, 0) is 9.59 Å². The Kier molecular flexibility index (Phi) is 5.18. The van der Waals surface area contributed by atoms with E-state index in [0.29, 0.717) is 47.4 Å². The summed E-state index contributed by atoms with van der Waals surface area (Å²) in [6.45, 7) is 0.881. The molecule has 0 aliphatic carbocycles. The van der Waals surface area contributed by atoms with E-state index < -0.39 is 17.6 Å². The Morgan fingerprint density at radius 3 is 2.27 bits per heavy atom. The average molecular weight is 446 g/mol. The molecule has 1 N–H and O–H groups in total. The molecule has 2 aliphatic rings. The van der Waals surface area contributed by atoms with E-state index in [1.165, 1.54) is 31.4 Å². The van der Waals surface area contributed by atoms with Crippen molar-refractivity contribution in [2.45, 2.75) is 0 Å². The number of benzene rings is 3. The van der Waals surface area contributed by atoms with E-state index in [0.717, 1.165) is 4.90 Å². The summed E-state index contributed by atoms with van der Waals surface area (Å²) in [6.07, 6.45) is 0. The van der Waals surface area contributed by atoms with Gasteiger partial charge in [-0.25, -0.2) is 9.29 Å². The van der Waals surface area contributed by atoms with Gasteiger partial charge in [-0.15, -0.1) is 0 Å². The third-order valence-corrected chi connectivity index (χ3v) is 5.36. The maximum atomic E-state index is 13.5. The van der Waals surface area contributed by atoms with Crippen LogP contribution < -0.4 is 24.4 Å². The lowest BCUT2D eigenvalue weighted by Crippen LogP contribution is -2.32. The van der Waals surface area contributed by atoms with Crippen LogP contribution in [0.25, 0.3) is 5.57 Å². The van der Waals surface area contributed by atoms with Crippen molar-refractivity contribution in [2.24, 2.45) is 0 Å². The first-order valence-corrected chi connectivity index (χ1v) is 10.2. The molecule has 166 valence electrons. The second-order valence-corrected chi connectivity index (χ2v) is 7.38. The molecule has 5 rings (SSSR count). The van der Waals surface area contributed by atoms with Crippen LogP contribution in [0.1, 0.15) is 5.56 Å². The first-order chi connectivity index (χ1) is 16.0. The SMILES string of the molecule is COc1ccc(N2C(=O)C(Nc3ccc4c(c3)OCCO4)=C(c3ccc(F)cc3)C2=O)cc1. The van der Waals surface area contributed by atoms with E-state index in [9.17, 15) is 14.0 Å². The van der Waals surface area contributed by atoms with Crippen molar-refractivity contribution in [3.63, 3.8) is 0 Å². The number of methoxy groups -OCH3 is 1. The van der Waals surface area contributed by atoms with Gasteiger partial charge in [0.1, 0.15) is 30.5 Å². The highest BCUT2D eigenvalue weighted by molar-refractivity contribution is 6.46. The molecule has 2 aliphatic heterocycles. The predicted octanol–water partition coefficient (Wildman–Crippen LogP) is 4.00. The summed E-state index contributed by atoms with van der Waals surface area (Å²) in [6, 6.07) is 17.2. The summed E-state index contributed by atoms with van der Waals surface area (Å²) >= 11 is 0. The van der Waals surface area contributed by atoms with Gasteiger partial charge in [0, 0.05) is 11.8 Å². The number of hydrogen-bond donors (Lipinski definition) is 1. The lowest BCUT2D eigenvalue weighted by Gasteiger charge is -2.19. The Morgan fingerprint density at radius 2 is 1.58 bits per heavy atom. The zero-order chi connectivity index (χ0) is 22.9. The summed E-state index contributed by atoms with van der Waals surface area (Å²) in [5, 5.41) is 3.07. The first kappa shape index (κ1) is 20.6. The second kappa shape index (κ2) is 8.31. The largest absolute Gasteiger partial charge is 0.497 e. The molecule has 0 unspecified atom stereocenters. The minimum Gasteiger partial charge on any atom is -0.497 e. The van der Waals surface area contributed by atoms with Gasteiger partial charge in [-0.2, -0.15) is 0 Å². The maximum Gasteiger partial charge on any atom is 0.282 e. The number of ether oxygens (including phenoxy) is 3. The summed E-state index contributed by atoms with van der Waals surface area (Å²) in [5.41, 5.74) is 1.59. The van der Waals surface area contributed by atoms with Gasteiger partial charge >= 0.3 is 0 Å². The van der Waals surface area contributed by atoms with Crippen LogP contribution in [0.5, 0.6) is 17.2 Å². The number of imide groups is 1. The van der Waals surface area contributed by atoms with Gasteiger partial charge in [0.25, 0.3) is 11.8 Å². The molecule has 0 fully saturated rings. The van der Waals surface area contributed by atoms with Crippen LogP contribution in [0, 0.1) is 5.82 Å². The molecule has 2 heterocycles. The molecule has 0 bridgehead atoms. The molecule has 0 saturated carbocycles. The fourth-order valence-electron chi connectivity index (χ4n) is 3.76. The minimum absolute atomic E-state index is 0.0825. The van der Waals surface area contributed by atoms with Gasteiger partial charge in [0.05, 0.1) is 18.4 Å². The van der Waals surface area contributed by atoms with Gasteiger partial charge in [-0.3, -0.25) is 9.59 Å². The first-order valence-electron chi connectivity index (χ1n) is 10.2. The lowest BCUT2D eigenvalue weighted by molar-refractivity contribution is -0.120. The highest BCUT2D eigenvalue weighted by atomic mass is 19.1. The van der Waals surface area contributed by atoms with Crippen LogP contribution in [0.15, 0.2) is 72.4 Å². The van der Waals surface area contributed by atoms with Gasteiger partial charge in [-0.1, -0.05) is 12.1 Å². The standard InChI is InChI=1S/C25H19FN2O5/c1-31-19-9-7-18(8-10-19)28-24(29)22(15-2-4-16(26)5-3-15)23(25(28)30)27-17-6-11-20-21(14-17)33-13-12-32-20/h2-11,14,27H,12-13H2,1H3. The van der Waals surface area contributed by atoms with E-state index in [-0.39, 0.29) is 11.3 Å². The third-order valence-electron chi connectivity index (χ3n) is 5.36. The van der Waals surface area contributed by atoms with Crippen LogP contribution in [0.4, 0.5) is 15.8 Å². The van der Waals surface area contributed by atoms with Gasteiger partial charge in [0.15, 0.2) is 11.5 Å². The third kappa shape index (κ3) is 3.76. The topological polar surface area (TPSA) is 77.1 Å². The lowest BCUT2D eigenvalue weighted by atomic mass is 10.0. The highest BCUT2D eigenvalue weighted by Gasteiger charge is 2.40. The smallest absolute Gasteiger partial charge is 0.282 e. The maximum absolute atomic E-state index is 13.5. The number of carbonyl (C=O) groups is 2. The van der Waals surface area contributed by atoms with Crippen molar-refractivity contribution in [1.29, 1.82) is 0 Å². The number of rotatable bonds is 5. The number of nitrogens with one attached hydrogen (secondary N) is 1. The molecule has 0 aromatic heterocycles. The number of anilines is 2. The quantitative estimate of drug-likeness (QED) is 0.597. The van der Waals surface area contributed by atoms with Crippen molar-refractivity contribution in [3.8, 4) is 17.2 Å². The van der Waals surface area contributed by atoms with Gasteiger partial charge in [-0.05, 0) is 54.1 Å². The summed E-state index contributed by atoms with van der Waals surface area (Å²) < 4.78 is 29.9. The number of nitrogens with zero attached hydrogens (tertiary/aromatic N) is 1. The minimum atomic E-state index is -0.528. The second-order valence-electron chi connectivity index (χ2n) is 7.38. The Bertz CT molecular complexity index is 1270. The van der Waals surface area contributed by atoms with E-state index in [4.69, 9.17) is 14.2 Å². The predicted molar refractivity (Wildman–Crippen MR) is 120 cm³/mol. The van der Waals surface area contributed by atoms with Gasteiger partial charge < -0.3 is 19.5 Å². The normalized spacial score (nSPS) is 15.2. The average Bonchev–Trinajstić information content (AvgIpc) is 3.09. The summed E-state index contributed by atoms with van der Waals surface area (Å²) in [7, 11) is 1.53. The monoisotopic (exact) mass is 446 g/mol. The Morgan fingerprint density at radius 1 is 0.879 bits per heavy atom. The van der Waals surface area contributed by atoms with Gasteiger partial charge in [0.2, 0.25) is 0 Å². The number of hydrogen-bond acceptors (Lipinski definition) is 6. The van der Waals surface area contributed by atoms with Crippen molar-refractivity contribution in [2.75, 3.05) is 30.5 Å². The molecule has 3 aromatic carbocycles. The van der Waals surface area contributed by atoms with E-state index in [2.05, 4.69) is 5.32 Å². The zero-order valence-corrected chi connectivity index (χ0v) is 17.6. The number of halogens is 1. The van der Waals surface area contributed by atoms with Crippen LogP contribution >= 0.6 is 0 Å². The summed E-state index contributed by atoms with van der Waals surface area (Å²) in [5.74, 6) is 0.257. The molecule has 0 radical (unpaired) electrons. The zero-order valence-electron chi connectivity index (χ0n) is 17.6. The van der Waals surface area contributed by atoms with Crippen LogP contribution in [0.2, 0.25) is 0 Å². The van der Waals surface area contributed by atoms with E-state index >= 15 is 0 Å². The van der Waals surface area contributed by atoms with Crippen molar-refractivity contribution in [3.05, 3.63) is 83.8 Å². The Labute approximate surface area is 189 Å². The molecule has 3 aromatic rings. The van der Waals surface area contributed by atoms with Crippen molar-refractivity contribution in [1.82, 2.24) is 0 Å². The molecular formula is C25H19FN2O5. The fraction of sp³-hybridized carbons (Fsp3) is 0.120. The van der Waals surface area contributed by atoms with E-state index in [1.54, 1.807) is 42.5 Å². The van der Waals surface area contributed by atoms with Crippen LogP contribution in [-0.4, -0.2) is 32.1 Å². The summed E-state index contributed by atoms with van der Waals surface area (Å²) in [4.78, 5) is 27.9.